The van der Waals surface area contributed by atoms with Gasteiger partial charge in [0.25, 0.3) is 0 Å². The van der Waals surface area contributed by atoms with Gasteiger partial charge < -0.3 is 9.72 Å². The van der Waals surface area contributed by atoms with Gasteiger partial charge in [0.1, 0.15) is 0 Å². The van der Waals surface area contributed by atoms with E-state index in [1.807, 2.05) is 13.8 Å². The molecule has 0 spiro atoms. The van der Waals surface area contributed by atoms with Crippen molar-refractivity contribution in [3.63, 3.8) is 0 Å². The third-order valence-electron chi connectivity index (χ3n) is 2.80. The largest absolute Gasteiger partial charge is 0.462 e. The number of hydrogen-bond donors (Lipinski definition) is 1. The normalized spacial score (nSPS) is 15.0. The third kappa shape index (κ3) is 1.87. The fraction of sp³-hybridized carbons (Fsp3) is 0.500. The Morgan fingerprint density at radius 3 is 3.06 bits per heavy atom. The molecule has 1 aromatic heterocycles. The molecule has 0 radical (unpaired) electrons. The lowest BCUT2D eigenvalue weighted by Gasteiger charge is -2.02. The van der Waals surface area contributed by atoms with E-state index in [1.54, 1.807) is 6.20 Å². The van der Waals surface area contributed by atoms with Crippen LogP contribution in [0.2, 0.25) is 0 Å². The average molecular weight is 220 g/mol. The molecule has 86 valence electrons. The molecule has 2 heterocycles. The SMILES string of the molecule is CCOC(=O)c1c[nH]c(C2=NCCC2)c1C. The van der Waals surface area contributed by atoms with E-state index in [0.717, 1.165) is 36.4 Å². The summed E-state index contributed by atoms with van der Waals surface area (Å²) < 4.78 is 4.99. The minimum atomic E-state index is -0.263. The zero-order chi connectivity index (χ0) is 11.5. The van der Waals surface area contributed by atoms with Gasteiger partial charge in [-0.15, -0.1) is 0 Å². The Morgan fingerprint density at radius 2 is 2.44 bits per heavy atom. The number of nitrogens with one attached hydrogen (secondary N) is 1. The van der Waals surface area contributed by atoms with Gasteiger partial charge in [-0.1, -0.05) is 0 Å². The third-order valence-corrected chi connectivity index (χ3v) is 2.80. The molecule has 0 aliphatic carbocycles. The summed E-state index contributed by atoms with van der Waals surface area (Å²) in [7, 11) is 0. The van der Waals surface area contributed by atoms with E-state index in [2.05, 4.69) is 9.98 Å². The minimum Gasteiger partial charge on any atom is -0.462 e. The Balaban J connectivity index is 2.26. The van der Waals surface area contributed by atoms with Crippen molar-refractivity contribution in [2.24, 2.45) is 4.99 Å². The maximum Gasteiger partial charge on any atom is 0.339 e. The van der Waals surface area contributed by atoms with Crippen molar-refractivity contribution in [1.29, 1.82) is 0 Å². The fourth-order valence-corrected chi connectivity index (χ4v) is 1.96. The zero-order valence-electron chi connectivity index (χ0n) is 9.67. The van der Waals surface area contributed by atoms with E-state index in [9.17, 15) is 4.79 Å². The van der Waals surface area contributed by atoms with Gasteiger partial charge in [0.05, 0.1) is 23.6 Å². The molecule has 2 rings (SSSR count). The number of nitrogens with zero attached hydrogens (tertiary/aromatic N) is 1. The second-order valence-corrected chi connectivity index (χ2v) is 3.85. The molecule has 1 aromatic rings. The lowest BCUT2D eigenvalue weighted by Crippen LogP contribution is -2.06. The number of esters is 1. The Bertz CT molecular complexity index is 432. The summed E-state index contributed by atoms with van der Waals surface area (Å²) in [5, 5.41) is 0. The van der Waals surface area contributed by atoms with Crippen molar-refractivity contribution < 1.29 is 9.53 Å². The van der Waals surface area contributed by atoms with Gasteiger partial charge in [-0.2, -0.15) is 0 Å². The molecule has 0 unspecified atom stereocenters. The minimum absolute atomic E-state index is 0.263. The van der Waals surface area contributed by atoms with Crippen molar-refractivity contribution in [2.45, 2.75) is 26.7 Å². The summed E-state index contributed by atoms with van der Waals surface area (Å²) in [5.74, 6) is -0.263. The van der Waals surface area contributed by atoms with Gasteiger partial charge in [-0.25, -0.2) is 4.79 Å². The van der Waals surface area contributed by atoms with E-state index in [4.69, 9.17) is 4.74 Å². The first-order valence-electron chi connectivity index (χ1n) is 5.62. The number of aromatic amines is 1. The molecule has 0 saturated heterocycles. The number of H-pyrrole nitrogens is 1. The Hall–Kier alpha value is -1.58. The lowest BCUT2D eigenvalue weighted by molar-refractivity contribution is 0.0526. The van der Waals surface area contributed by atoms with Crippen LogP contribution < -0.4 is 0 Å². The number of aromatic nitrogens is 1. The number of hydrogen-bond acceptors (Lipinski definition) is 3. The quantitative estimate of drug-likeness (QED) is 0.793. The average Bonchev–Trinajstić information content (AvgIpc) is 2.86. The van der Waals surface area contributed by atoms with Crippen molar-refractivity contribution >= 4 is 11.7 Å². The van der Waals surface area contributed by atoms with Crippen LogP contribution in [0.4, 0.5) is 0 Å². The van der Waals surface area contributed by atoms with Crippen LogP contribution in [0.5, 0.6) is 0 Å². The van der Waals surface area contributed by atoms with E-state index >= 15 is 0 Å². The van der Waals surface area contributed by atoms with Crippen molar-refractivity contribution in [1.82, 2.24) is 4.98 Å². The highest BCUT2D eigenvalue weighted by Gasteiger charge is 2.19. The van der Waals surface area contributed by atoms with Crippen LogP contribution >= 0.6 is 0 Å². The molecule has 0 bridgehead atoms. The van der Waals surface area contributed by atoms with Crippen molar-refractivity contribution in [3.8, 4) is 0 Å². The Labute approximate surface area is 94.7 Å². The van der Waals surface area contributed by atoms with Gasteiger partial charge in [-0.05, 0) is 32.3 Å². The van der Waals surface area contributed by atoms with E-state index in [0.29, 0.717) is 12.2 Å². The predicted octanol–water partition coefficient (Wildman–Crippen LogP) is 2.08. The highest BCUT2D eigenvalue weighted by Crippen LogP contribution is 2.19. The van der Waals surface area contributed by atoms with Crippen LogP contribution in [-0.2, 0) is 4.74 Å². The standard InChI is InChI=1S/C12H16N2O2/c1-3-16-12(15)9-7-14-11(8(9)2)10-5-4-6-13-10/h7,14H,3-6H2,1-2H3. The van der Waals surface area contributed by atoms with Crippen LogP contribution in [0.1, 0.15) is 41.4 Å². The van der Waals surface area contributed by atoms with Crippen LogP contribution in [0.15, 0.2) is 11.2 Å². The van der Waals surface area contributed by atoms with Crippen LogP contribution in [-0.4, -0.2) is 29.8 Å². The molecule has 1 aliphatic heterocycles. The summed E-state index contributed by atoms with van der Waals surface area (Å²) in [6, 6.07) is 0. The van der Waals surface area contributed by atoms with E-state index in [-0.39, 0.29) is 5.97 Å². The molecule has 0 atom stereocenters. The van der Waals surface area contributed by atoms with Crippen LogP contribution in [0.3, 0.4) is 0 Å². The molecule has 4 heteroatoms. The maximum atomic E-state index is 11.6. The molecule has 16 heavy (non-hydrogen) atoms. The smallest absolute Gasteiger partial charge is 0.339 e. The molecule has 4 nitrogen and oxygen atoms in total. The first-order valence-corrected chi connectivity index (χ1v) is 5.62. The molecular weight excluding hydrogens is 204 g/mol. The predicted molar refractivity (Wildman–Crippen MR) is 62.1 cm³/mol. The van der Waals surface area contributed by atoms with E-state index < -0.39 is 0 Å². The van der Waals surface area contributed by atoms with Crippen molar-refractivity contribution in [3.05, 3.63) is 23.0 Å². The molecule has 0 amide bonds. The molecule has 0 fully saturated rings. The van der Waals surface area contributed by atoms with Gasteiger partial charge in [-0.3, -0.25) is 4.99 Å². The maximum absolute atomic E-state index is 11.6. The molecule has 0 saturated carbocycles. The molecule has 1 N–H and O–H groups in total. The summed E-state index contributed by atoms with van der Waals surface area (Å²) in [4.78, 5) is 19.2. The van der Waals surface area contributed by atoms with Crippen molar-refractivity contribution in [2.75, 3.05) is 13.2 Å². The van der Waals surface area contributed by atoms with Gasteiger partial charge >= 0.3 is 5.97 Å². The highest BCUT2D eigenvalue weighted by atomic mass is 16.5. The first-order chi connectivity index (χ1) is 7.74. The summed E-state index contributed by atoms with van der Waals surface area (Å²) in [6.45, 7) is 5.03. The number of rotatable bonds is 3. The number of carbonyl (C=O) groups is 1. The van der Waals surface area contributed by atoms with E-state index in [1.165, 1.54) is 0 Å². The zero-order valence-corrected chi connectivity index (χ0v) is 9.67. The van der Waals surface area contributed by atoms with Crippen LogP contribution in [0, 0.1) is 6.92 Å². The van der Waals surface area contributed by atoms with Crippen LogP contribution in [0.25, 0.3) is 0 Å². The summed E-state index contributed by atoms with van der Waals surface area (Å²) in [5.41, 5.74) is 3.62. The lowest BCUT2D eigenvalue weighted by atomic mass is 10.1. The topological polar surface area (TPSA) is 54.5 Å². The monoisotopic (exact) mass is 220 g/mol. The second-order valence-electron chi connectivity index (χ2n) is 3.85. The van der Waals surface area contributed by atoms with Gasteiger partial charge in [0.15, 0.2) is 0 Å². The second kappa shape index (κ2) is 4.51. The number of aliphatic imine (C=N–C) groups is 1. The molecule has 1 aliphatic rings. The Morgan fingerprint density at radius 1 is 1.62 bits per heavy atom. The van der Waals surface area contributed by atoms with Gasteiger partial charge in [0, 0.05) is 12.7 Å². The Kier molecular flexibility index (Phi) is 3.08. The molecular formula is C12H16N2O2. The molecule has 0 aromatic carbocycles. The van der Waals surface area contributed by atoms with Gasteiger partial charge in [0.2, 0.25) is 0 Å². The number of ether oxygens (including phenoxy) is 1. The fourth-order valence-electron chi connectivity index (χ4n) is 1.96. The summed E-state index contributed by atoms with van der Waals surface area (Å²) >= 11 is 0. The first kappa shape index (κ1) is 10.9. The summed E-state index contributed by atoms with van der Waals surface area (Å²) in [6.07, 6.45) is 3.80. The highest BCUT2D eigenvalue weighted by molar-refractivity contribution is 6.04. The number of carbonyl (C=O) groups excluding carboxylic acids is 1.